The van der Waals surface area contributed by atoms with Crippen molar-refractivity contribution in [3.05, 3.63) is 0 Å². The molecule has 1 unspecified atom stereocenters. The van der Waals surface area contributed by atoms with Crippen molar-refractivity contribution in [2.45, 2.75) is 51.2 Å². The third kappa shape index (κ3) is 2.33. The number of carboxylic acids is 1. The van der Waals surface area contributed by atoms with E-state index in [2.05, 4.69) is 11.8 Å². The van der Waals surface area contributed by atoms with E-state index in [9.17, 15) is 9.90 Å². The Bertz CT molecular complexity index is 288. The predicted octanol–water partition coefficient (Wildman–Crippen LogP) is 1.74. The van der Waals surface area contributed by atoms with Crippen LogP contribution in [0.3, 0.4) is 0 Å². The second-order valence-corrected chi connectivity index (χ2v) is 5.54. The van der Waals surface area contributed by atoms with Crippen LogP contribution in [-0.4, -0.2) is 48.3 Å². The van der Waals surface area contributed by atoms with Crippen LogP contribution in [0.2, 0.25) is 0 Å². The van der Waals surface area contributed by atoms with Crippen LogP contribution < -0.4 is 0 Å². The second kappa shape index (κ2) is 4.94. The number of carbonyl (C=O) groups is 1. The number of rotatable bonds is 5. The van der Waals surface area contributed by atoms with Gasteiger partial charge in [-0.15, -0.1) is 0 Å². The summed E-state index contributed by atoms with van der Waals surface area (Å²) in [5, 5.41) is 9.43. The molecule has 2 rings (SSSR count). The van der Waals surface area contributed by atoms with Gasteiger partial charge in [-0.2, -0.15) is 0 Å². The van der Waals surface area contributed by atoms with Gasteiger partial charge in [0.1, 0.15) is 0 Å². The number of nitrogens with zero attached hydrogens (tertiary/aromatic N) is 1. The quantitative estimate of drug-likeness (QED) is 0.796. The van der Waals surface area contributed by atoms with Gasteiger partial charge < -0.3 is 9.84 Å². The lowest BCUT2D eigenvalue weighted by Crippen LogP contribution is -2.48. The van der Waals surface area contributed by atoms with Crippen LogP contribution in [0.4, 0.5) is 0 Å². The molecule has 17 heavy (non-hydrogen) atoms. The number of likely N-dealkylation sites (tertiary alicyclic amines) is 1. The minimum atomic E-state index is -0.607. The fourth-order valence-corrected chi connectivity index (χ4v) is 3.21. The molecule has 0 aromatic carbocycles. The molecule has 0 spiro atoms. The monoisotopic (exact) mass is 241 g/mol. The molecule has 1 aliphatic heterocycles. The standard InChI is InChI=1S/C13H23NO3/c1-3-4-13(12(15)16)5-6-14(9-13)10-7-11(8-10)17-2/h10-11H,3-9H2,1-2H3,(H,15,16). The lowest BCUT2D eigenvalue weighted by molar-refractivity contribution is -0.149. The molecule has 0 radical (unpaired) electrons. The van der Waals surface area contributed by atoms with E-state index in [1.807, 2.05) is 0 Å². The zero-order chi connectivity index (χ0) is 12.5. The molecule has 1 heterocycles. The summed E-state index contributed by atoms with van der Waals surface area (Å²) in [6.45, 7) is 3.74. The normalized spacial score (nSPS) is 38.0. The summed E-state index contributed by atoms with van der Waals surface area (Å²) in [5.41, 5.74) is -0.479. The molecular formula is C13H23NO3. The molecule has 4 heteroatoms. The van der Waals surface area contributed by atoms with Gasteiger partial charge in [0.25, 0.3) is 0 Å². The van der Waals surface area contributed by atoms with Gasteiger partial charge in [0.15, 0.2) is 0 Å². The number of hydrogen-bond donors (Lipinski definition) is 1. The van der Waals surface area contributed by atoms with E-state index in [-0.39, 0.29) is 0 Å². The van der Waals surface area contributed by atoms with E-state index < -0.39 is 11.4 Å². The molecule has 1 aliphatic carbocycles. The maximum Gasteiger partial charge on any atom is 0.310 e. The molecule has 0 aromatic heterocycles. The van der Waals surface area contributed by atoms with Crippen molar-refractivity contribution in [3.8, 4) is 0 Å². The number of ether oxygens (including phenoxy) is 1. The van der Waals surface area contributed by atoms with Gasteiger partial charge in [0.05, 0.1) is 11.5 Å². The van der Waals surface area contributed by atoms with Gasteiger partial charge in [-0.05, 0) is 32.2 Å². The molecule has 1 atom stereocenters. The van der Waals surface area contributed by atoms with E-state index in [1.165, 1.54) is 0 Å². The first-order chi connectivity index (χ1) is 8.11. The highest BCUT2D eigenvalue weighted by molar-refractivity contribution is 5.75. The molecule has 0 amide bonds. The zero-order valence-electron chi connectivity index (χ0n) is 10.8. The Morgan fingerprint density at radius 1 is 1.53 bits per heavy atom. The summed E-state index contributed by atoms with van der Waals surface area (Å²) < 4.78 is 5.28. The fourth-order valence-electron chi connectivity index (χ4n) is 3.21. The topological polar surface area (TPSA) is 49.8 Å². The van der Waals surface area contributed by atoms with Gasteiger partial charge in [-0.3, -0.25) is 9.69 Å². The SMILES string of the molecule is CCCC1(C(=O)O)CCN(C2CC(OC)C2)C1. The van der Waals surface area contributed by atoms with Crippen molar-refractivity contribution in [2.24, 2.45) is 5.41 Å². The zero-order valence-corrected chi connectivity index (χ0v) is 10.8. The minimum absolute atomic E-state index is 0.394. The van der Waals surface area contributed by atoms with E-state index in [4.69, 9.17) is 4.74 Å². The maximum absolute atomic E-state index is 11.5. The molecule has 4 nitrogen and oxygen atoms in total. The third-order valence-corrected chi connectivity index (χ3v) is 4.49. The van der Waals surface area contributed by atoms with Crippen molar-refractivity contribution in [3.63, 3.8) is 0 Å². The number of aliphatic carboxylic acids is 1. The highest BCUT2D eigenvalue weighted by Crippen LogP contribution is 2.40. The average molecular weight is 241 g/mol. The van der Waals surface area contributed by atoms with Gasteiger partial charge in [0, 0.05) is 19.7 Å². The lowest BCUT2D eigenvalue weighted by Gasteiger charge is -2.41. The van der Waals surface area contributed by atoms with E-state index >= 15 is 0 Å². The van der Waals surface area contributed by atoms with Crippen molar-refractivity contribution in [2.75, 3.05) is 20.2 Å². The van der Waals surface area contributed by atoms with E-state index in [0.29, 0.717) is 12.1 Å². The van der Waals surface area contributed by atoms with Crippen LogP contribution in [0.15, 0.2) is 0 Å². The van der Waals surface area contributed by atoms with Gasteiger partial charge in [0.2, 0.25) is 0 Å². The molecule has 0 aromatic rings. The lowest BCUT2D eigenvalue weighted by atomic mass is 9.82. The van der Waals surface area contributed by atoms with E-state index in [1.54, 1.807) is 7.11 Å². The highest BCUT2D eigenvalue weighted by atomic mass is 16.5. The van der Waals surface area contributed by atoms with Gasteiger partial charge >= 0.3 is 5.97 Å². The molecule has 1 saturated heterocycles. The molecule has 2 fully saturated rings. The first-order valence-corrected chi connectivity index (χ1v) is 6.61. The summed E-state index contributed by atoms with van der Waals surface area (Å²) in [6, 6.07) is 0.554. The first kappa shape index (κ1) is 12.8. The van der Waals surface area contributed by atoms with Crippen LogP contribution in [0, 0.1) is 5.41 Å². The summed E-state index contributed by atoms with van der Waals surface area (Å²) in [6.07, 6.45) is 5.09. The second-order valence-electron chi connectivity index (χ2n) is 5.54. The Morgan fingerprint density at radius 3 is 2.76 bits per heavy atom. The summed E-state index contributed by atoms with van der Waals surface area (Å²) in [4.78, 5) is 13.8. The molecule has 2 aliphatic rings. The molecular weight excluding hydrogens is 218 g/mol. The summed E-state index contributed by atoms with van der Waals surface area (Å²) >= 11 is 0. The molecule has 0 bridgehead atoms. The Kier molecular flexibility index (Phi) is 3.73. The number of methoxy groups -OCH3 is 1. The smallest absolute Gasteiger partial charge is 0.310 e. The fraction of sp³-hybridized carbons (Fsp3) is 0.923. The Balaban J connectivity index is 1.91. The van der Waals surface area contributed by atoms with Crippen molar-refractivity contribution in [1.29, 1.82) is 0 Å². The molecule has 98 valence electrons. The number of hydrogen-bond acceptors (Lipinski definition) is 3. The maximum atomic E-state index is 11.5. The number of carboxylic acid groups (broad SMARTS) is 1. The van der Waals surface area contributed by atoms with Gasteiger partial charge in [-0.1, -0.05) is 13.3 Å². The summed E-state index contributed by atoms with van der Waals surface area (Å²) in [5.74, 6) is -0.607. The third-order valence-electron chi connectivity index (χ3n) is 4.49. The van der Waals surface area contributed by atoms with Crippen LogP contribution in [0.1, 0.15) is 39.0 Å². The van der Waals surface area contributed by atoms with Crippen LogP contribution in [-0.2, 0) is 9.53 Å². The Labute approximate surface area is 103 Å². The average Bonchev–Trinajstić information content (AvgIpc) is 2.63. The molecule has 1 N–H and O–H groups in total. The largest absolute Gasteiger partial charge is 0.481 e. The van der Waals surface area contributed by atoms with Crippen LogP contribution in [0.25, 0.3) is 0 Å². The van der Waals surface area contributed by atoms with Gasteiger partial charge in [-0.25, -0.2) is 0 Å². The molecule has 1 saturated carbocycles. The van der Waals surface area contributed by atoms with Crippen molar-refractivity contribution in [1.82, 2.24) is 4.90 Å². The van der Waals surface area contributed by atoms with Crippen LogP contribution in [0.5, 0.6) is 0 Å². The highest BCUT2D eigenvalue weighted by Gasteiger charge is 2.47. The van der Waals surface area contributed by atoms with Crippen molar-refractivity contribution >= 4 is 5.97 Å². The predicted molar refractivity (Wildman–Crippen MR) is 65.0 cm³/mol. The summed E-state index contributed by atoms with van der Waals surface area (Å²) in [7, 11) is 1.75. The van der Waals surface area contributed by atoms with E-state index in [0.717, 1.165) is 45.2 Å². The first-order valence-electron chi connectivity index (χ1n) is 6.61. The Morgan fingerprint density at radius 2 is 2.24 bits per heavy atom. The minimum Gasteiger partial charge on any atom is -0.481 e. The van der Waals surface area contributed by atoms with Crippen LogP contribution >= 0.6 is 0 Å². The van der Waals surface area contributed by atoms with Crippen molar-refractivity contribution < 1.29 is 14.6 Å². The Hall–Kier alpha value is -0.610.